The van der Waals surface area contributed by atoms with Gasteiger partial charge in [0.25, 0.3) is 11.8 Å². The van der Waals surface area contributed by atoms with Gasteiger partial charge < -0.3 is 9.30 Å². The fourth-order valence-electron chi connectivity index (χ4n) is 1.71. The molecule has 0 saturated heterocycles. The molecule has 0 bridgehead atoms. The van der Waals surface area contributed by atoms with Gasteiger partial charge in [-0.15, -0.1) is 0 Å². The Bertz CT molecular complexity index is 725. The molecule has 0 aliphatic heterocycles. The molecule has 2 aromatic rings. The van der Waals surface area contributed by atoms with Gasteiger partial charge in [-0.3, -0.25) is 20.4 Å². The summed E-state index contributed by atoms with van der Waals surface area (Å²) in [6.07, 6.45) is 1.67. The van der Waals surface area contributed by atoms with Gasteiger partial charge in [-0.1, -0.05) is 0 Å². The molecule has 0 spiro atoms. The Morgan fingerprint density at radius 1 is 1.13 bits per heavy atom. The van der Waals surface area contributed by atoms with Gasteiger partial charge in [0, 0.05) is 18.8 Å². The van der Waals surface area contributed by atoms with E-state index in [0.717, 1.165) is 12.1 Å². The number of hydrazine groups is 1. The van der Waals surface area contributed by atoms with E-state index in [0.29, 0.717) is 5.69 Å². The highest BCUT2D eigenvalue weighted by Gasteiger charge is 2.13. The van der Waals surface area contributed by atoms with Crippen molar-refractivity contribution in [3.63, 3.8) is 0 Å². The average Bonchev–Trinajstić information content (AvgIpc) is 2.97. The summed E-state index contributed by atoms with van der Waals surface area (Å²) >= 11 is 0. The van der Waals surface area contributed by atoms with Crippen LogP contribution in [0.4, 0.5) is 4.39 Å². The van der Waals surface area contributed by atoms with Gasteiger partial charge >= 0.3 is 5.97 Å². The highest BCUT2D eigenvalue weighted by atomic mass is 19.1. The van der Waals surface area contributed by atoms with E-state index in [-0.39, 0.29) is 5.56 Å². The lowest BCUT2D eigenvalue weighted by Gasteiger charge is -2.08. The van der Waals surface area contributed by atoms with Crippen LogP contribution in [-0.4, -0.2) is 29.0 Å². The first-order valence-electron chi connectivity index (χ1n) is 6.60. The van der Waals surface area contributed by atoms with Gasteiger partial charge in [-0.05, 0) is 36.4 Å². The van der Waals surface area contributed by atoms with Crippen LogP contribution in [0.3, 0.4) is 0 Å². The monoisotopic (exact) mass is 319 g/mol. The predicted molar refractivity (Wildman–Crippen MR) is 77.7 cm³/mol. The van der Waals surface area contributed by atoms with E-state index in [2.05, 4.69) is 10.9 Å². The second-order valence-electron chi connectivity index (χ2n) is 4.59. The highest BCUT2D eigenvalue weighted by Crippen LogP contribution is 2.02. The van der Waals surface area contributed by atoms with E-state index in [4.69, 9.17) is 4.74 Å². The van der Waals surface area contributed by atoms with Crippen molar-refractivity contribution in [3.8, 4) is 0 Å². The summed E-state index contributed by atoms with van der Waals surface area (Å²) in [7, 11) is 1.67. The quantitative estimate of drug-likeness (QED) is 0.644. The molecule has 0 radical (unpaired) electrons. The number of rotatable bonds is 4. The number of carbonyl (C=O) groups is 3. The maximum absolute atomic E-state index is 12.7. The molecule has 1 aromatic heterocycles. The van der Waals surface area contributed by atoms with Crippen molar-refractivity contribution < 1.29 is 23.5 Å². The van der Waals surface area contributed by atoms with Crippen molar-refractivity contribution in [3.05, 3.63) is 59.7 Å². The van der Waals surface area contributed by atoms with Crippen LogP contribution in [-0.2, 0) is 16.6 Å². The Morgan fingerprint density at radius 2 is 1.83 bits per heavy atom. The molecule has 2 rings (SSSR count). The Hall–Kier alpha value is -3.16. The van der Waals surface area contributed by atoms with E-state index in [1.165, 1.54) is 12.1 Å². The number of nitrogens with one attached hydrogen (secondary N) is 2. The van der Waals surface area contributed by atoms with Crippen LogP contribution in [0, 0.1) is 5.82 Å². The summed E-state index contributed by atoms with van der Waals surface area (Å²) in [6.45, 7) is -0.548. The number of hydrogen-bond acceptors (Lipinski definition) is 4. The topological polar surface area (TPSA) is 89.4 Å². The standard InChI is InChI=1S/C15H14FN3O4/c1-19-8-2-3-12(19)15(22)23-9-13(20)17-18-14(21)10-4-6-11(16)7-5-10/h2-8H,9H2,1H3,(H,17,20)(H,18,21). The number of amides is 2. The second kappa shape index (κ2) is 7.21. The summed E-state index contributed by atoms with van der Waals surface area (Å²) in [6, 6.07) is 8.01. The average molecular weight is 319 g/mol. The molecule has 0 unspecified atom stereocenters. The number of esters is 1. The summed E-state index contributed by atoms with van der Waals surface area (Å²) in [4.78, 5) is 34.9. The molecule has 23 heavy (non-hydrogen) atoms. The van der Waals surface area contributed by atoms with Crippen LogP contribution >= 0.6 is 0 Å². The van der Waals surface area contributed by atoms with Crippen LogP contribution in [0.25, 0.3) is 0 Å². The van der Waals surface area contributed by atoms with Gasteiger partial charge in [0.2, 0.25) is 0 Å². The molecule has 0 aliphatic rings. The first-order chi connectivity index (χ1) is 11.0. The summed E-state index contributed by atoms with van der Waals surface area (Å²) in [5, 5.41) is 0. The zero-order valence-electron chi connectivity index (χ0n) is 12.2. The van der Waals surface area contributed by atoms with Gasteiger partial charge in [0.05, 0.1) is 0 Å². The van der Waals surface area contributed by atoms with Crippen LogP contribution in [0.5, 0.6) is 0 Å². The zero-order chi connectivity index (χ0) is 16.8. The molecule has 0 aliphatic carbocycles. The van der Waals surface area contributed by atoms with Crippen molar-refractivity contribution >= 4 is 17.8 Å². The smallest absolute Gasteiger partial charge is 0.355 e. The third-order valence-electron chi connectivity index (χ3n) is 2.91. The van der Waals surface area contributed by atoms with E-state index in [1.54, 1.807) is 29.9 Å². The van der Waals surface area contributed by atoms with Crippen molar-refractivity contribution in [2.75, 3.05) is 6.61 Å². The maximum atomic E-state index is 12.7. The second-order valence-corrected chi connectivity index (χ2v) is 4.59. The molecule has 120 valence electrons. The van der Waals surface area contributed by atoms with Crippen LogP contribution in [0.2, 0.25) is 0 Å². The number of hydrogen-bond donors (Lipinski definition) is 2. The Kier molecular flexibility index (Phi) is 5.08. The molecule has 1 aromatic carbocycles. The third-order valence-corrected chi connectivity index (χ3v) is 2.91. The fraction of sp³-hybridized carbons (Fsp3) is 0.133. The first-order valence-corrected chi connectivity index (χ1v) is 6.60. The first kappa shape index (κ1) is 16.2. The Morgan fingerprint density at radius 3 is 2.43 bits per heavy atom. The highest BCUT2D eigenvalue weighted by molar-refractivity contribution is 5.95. The summed E-state index contributed by atoms with van der Waals surface area (Å²) in [5.41, 5.74) is 4.70. The largest absolute Gasteiger partial charge is 0.451 e. The Balaban J connectivity index is 1.77. The zero-order valence-corrected chi connectivity index (χ0v) is 12.2. The summed E-state index contributed by atoms with van der Waals surface area (Å²) < 4.78 is 19.1. The molecule has 0 fully saturated rings. The lowest BCUT2D eigenvalue weighted by atomic mass is 10.2. The van der Waals surface area contributed by atoms with Crippen LogP contribution < -0.4 is 10.9 Å². The van der Waals surface area contributed by atoms with Crippen molar-refractivity contribution in [2.24, 2.45) is 7.05 Å². The number of aromatic nitrogens is 1. The molecule has 8 heteroatoms. The molecule has 0 saturated carbocycles. The van der Waals surface area contributed by atoms with E-state index >= 15 is 0 Å². The molecule has 1 heterocycles. The predicted octanol–water partition coefficient (Wildman–Crippen LogP) is 0.782. The molecule has 2 N–H and O–H groups in total. The number of nitrogens with zero attached hydrogens (tertiary/aromatic N) is 1. The van der Waals surface area contributed by atoms with Crippen LogP contribution in [0.15, 0.2) is 42.6 Å². The number of ether oxygens (including phenoxy) is 1. The SMILES string of the molecule is Cn1cccc1C(=O)OCC(=O)NNC(=O)c1ccc(F)cc1. The number of aryl methyl sites for hydroxylation is 1. The van der Waals surface area contributed by atoms with Gasteiger partial charge in [-0.25, -0.2) is 9.18 Å². The molecule has 7 nitrogen and oxygen atoms in total. The van der Waals surface area contributed by atoms with E-state index < -0.39 is 30.2 Å². The third kappa shape index (κ3) is 4.40. The minimum absolute atomic E-state index is 0.174. The molecule has 0 atom stereocenters. The molecular weight excluding hydrogens is 305 g/mol. The normalized spacial score (nSPS) is 10.0. The van der Waals surface area contributed by atoms with Gasteiger partial charge in [0.15, 0.2) is 6.61 Å². The van der Waals surface area contributed by atoms with E-state index in [1.807, 2.05) is 0 Å². The lowest BCUT2D eigenvalue weighted by molar-refractivity contribution is -0.125. The lowest BCUT2D eigenvalue weighted by Crippen LogP contribution is -2.43. The summed E-state index contributed by atoms with van der Waals surface area (Å²) in [5.74, 6) is -2.45. The number of benzene rings is 1. The number of carbonyl (C=O) groups excluding carboxylic acids is 3. The minimum Gasteiger partial charge on any atom is -0.451 e. The Labute approximate surface area is 131 Å². The fourth-order valence-corrected chi connectivity index (χ4v) is 1.71. The van der Waals surface area contributed by atoms with Gasteiger partial charge in [-0.2, -0.15) is 0 Å². The van der Waals surface area contributed by atoms with Crippen LogP contribution in [0.1, 0.15) is 20.8 Å². The minimum atomic E-state index is -0.706. The van der Waals surface area contributed by atoms with E-state index in [9.17, 15) is 18.8 Å². The van der Waals surface area contributed by atoms with Crippen molar-refractivity contribution in [2.45, 2.75) is 0 Å². The molecule has 2 amide bonds. The van der Waals surface area contributed by atoms with Crippen molar-refractivity contribution in [1.29, 1.82) is 0 Å². The van der Waals surface area contributed by atoms with Crippen molar-refractivity contribution in [1.82, 2.24) is 15.4 Å². The maximum Gasteiger partial charge on any atom is 0.355 e. The van der Waals surface area contributed by atoms with Gasteiger partial charge in [0.1, 0.15) is 11.5 Å². The molecular formula is C15H14FN3O4. The number of halogens is 1.